The van der Waals surface area contributed by atoms with E-state index in [1.807, 2.05) is 6.92 Å². The molecule has 0 saturated carbocycles. The van der Waals surface area contributed by atoms with E-state index in [9.17, 15) is 4.79 Å². The van der Waals surface area contributed by atoms with Gasteiger partial charge in [0.1, 0.15) is 5.60 Å². The molecule has 1 amide bonds. The van der Waals surface area contributed by atoms with Gasteiger partial charge in [-0.05, 0) is 13.8 Å². The monoisotopic (exact) mass is 181 g/mol. The van der Waals surface area contributed by atoms with Crippen molar-refractivity contribution in [2.45, 2.75) is 26.4 Å². The highest BCUT2D eigenvalue weighted by atomic mass is 16.5. The van der Waals surface area contributed by atoms with Crippen LogP contribution in [0.3, 0.4) is 0 Å². The van der Waals surface area contributed by atoms with Gasteiger partial charge in [0, 0.05) is 13.5 Å². The van der Waals surface area contributed by atoms with E-state index >= 15 is 0 Å². The number of rotatable bonds is 0. The second kappa shape index (κ2) is 3.80. The fourth-order valence-corrected chi connectivity index (χ4v) is 1.48. The average molecular weight is 181 g/mol. The van der Waals surface area contributed by atoms with E-state index in [1.165, 1.54) is 0 Å². The summed E-state index contributed by atoms with van der Waals surface area (Å²) in [5, 5.41) is 0. The minimum Gasteiger partial charge on any atom is -0.359 e. The lowest BCUT2D eigenvalue weighted by Crippen LogP contribution is -2.50. The van der Waals surface area contributed by atoms with Crippen molar-refractivity contribution >= 4 is 5.91 Å². The summed E-state index contributed by atoms with van der Waals surface area (Å²) in [7, 11) is 0. The largest absolute Gasteiger partial charge is 0.359 e. The summed E-state index contributed by atoms with van der Waals surface area (Å²) in [5.74, 6) is 5.89. The molecule has 1 aliphatic rings. The van der Waals surface area contributed by atoms with Crippen LogP contribution in [0.15, 0.2) is 0 Å². The highest BCUT2D eigenvalue weighted by Crippen LogP contribution is 2.16. The fraction of sp³-hybridized carbons (Fsp3) is 0.700. The van der Waals surface area contributed by atoms with Crippen molar-refractivity contribution < 1.29 is 9.53 Å². The van der Waals surface area contributed by atoms with Crippen molar-refractivity contribution in [2.75, 3.05) is 19.7 Å². The minimum absolute atomic E-state index is 0.0902. The molecule has 72 valence electrons. The summed E-state index contributed by atoms with van der Waals surface area (Å²) < 4.78 is 5.52. The van der Waals surface area contributed by atoms with Gasteiger partial charge in [-0.25, -0.2) is 0 Å². The zero-order chi connectivity index (χ0) is 9.90. The number of carbonyl (C=O) groups excluding carboxylic acids is 1. The van der Waals surface area contributed by atoms with Gasteiger partial charge in [-0.2, -0.15) is 0 Å². The van der Waals surface area contributed by atoms with Gasteiger partial charge in [0.2, 0.25) is 5.91 Å². The first kappa shape index (κ1) is 10.1. The van der Waals surface area contributed by atoms with Crippen LogP contribution < -0.4 is 0 Å². The Bertz CT molecular complexity index is 264. The van der Waals surface area contributed by atoms with E-state index in [2.05, 4.69) is 11.8 Å². The molecular weight excluding hydrogens is 166 g/mol. The maximum absolute atomic E-state index is 11.1. The first-order valence-corrected chi connectivity index (χ1v) is 4.41. The Labute approximate surface area is 79.1 Å². The van der Waals surface area contributed by atoms with Crippen LogP contribution in [0.4, 0.5) is 0 Å². The molecule has 0 N–H and O–H groups in total. The Kier molecular flexibility index (Phi) is 2.94. The highest BCUT2D eigenvalue weighted by Gasteiger charge is 2.31. The summed E-state index contributed by atoms with van der Waals surface area (Å²) in [6.45, 7) is 7.09. The van der Waals surface area contributed by atoms with Gasteiger partial charge >= 0.3 is 0 Å². The van der Waals surface area contributed by atoms with E-state index in [4.69, 9.17) is 4.74 Å². The van der Waals surface area contributed by atoms with Crippen molar-refractivity contribution in [3.63, 3.8) is 0 Å². The molecule has 1 rings (SSSR count). The Morgan fingerprint density at radius 3 is 2.85 bits per heavy atom. The molecule has 0 aromatic rings. The van der Waals surface area contributed by atoms with Gasteiger partial charge in [0.25, 0.3) is 0 Å². The van der Waals surface area contributed by atoms with Gasteiger partial charge in [-0.3, -0.25) is 4.79 Å². The summed E-state index contributed by atoms with van der Waals surface area (Å²) in [4.78, 5) is 12.9. The number of nitrogens with zero attached hydrogens (tertiary/aromatic N) is 1. The lowest BCUT2D eigenvalue weighted by molar-refractivity contribution is -0.139. The van der Waals surface area contributed by atoms with E-state index in [0.29, 0.717) is 19.7 Å². The quantitative estimate of drug-likeness (QED) is 0.513. The molecule has 0 bridgehead atoms. The summed E-state index contributed by atoms with van der Waals surface area (Å²) in [6, 6.07) is 0. The lowest BCUT2D eigenvalue weighted by atomic mass is 10.1. The Morgan fingerprint density at radius 1 is 1.62 bits per heavy atom. The Balaban J connectivity index is 2.68. The van der Waals surface area contributed by atoms with Crippen molar-refractivity contribution in [3.8, 4) is 11.8 Å². The molecule has 0 spiro atoms. The summed E-state index contributed by atoms with van der Waals surface area (Å²) in [6.07, 6.45) is 0. The van der Waals surface area contributed by atoms with Crippen LogP contribution in [0, 0.1) is 11.8 Å². The molecule has 3 nitrogen and oxygen atoms in total. The molecule has 1 aliphatic heterocycles. The molecule has 0 aromatic heterocycles. The maximum atomic E-state index is 11.1. The number of morpholine rings is 1. The second-order valence-electron chi connectivity index (χ2n) is 3.39. The molecule has 0 aromatic carbocycles. The van der Waals surface area contributed by atoms with Gasteiger partial charge in [0.05, 0.1) is 13.2 Å². The van der Waals surface area contributed by atoms with Crippen LogP contribution in [0.5, 0.6) is 0 Å². The van der Waals surface area contributed by atoms with E-state index in [0.717, 1.165) is 0 Å². The fourth-order valence-electron chi connectivity index (χ4n) is 1.48. The Morgan fingerprint density at radius 2 is 2.31 bits per heavy atom. The van der Waals surface area contributed by atoms with Crippen molar-refractivity contribution in [1.82, 2.24) is 4.90 Å². The van der Waals surface area contributed by atoms with Gasteiger partial charge in [-0.15, -0.1) is 5.92 Å². The molecule has 1 saturated heterocycles. The van der Waals surface area contributed by atoms with Gasteiger partial charge < -0.3 is 9.64 Å². The summed E-state index contributed by atoms with van der Waals surface area (Å²) in [5.41, 5.74) is -0.474. The van der Waals surface area contributed by atoms with Crippen molar-refractivity contribution in [3.05, 3.63) is 0 Å². The molecule has 0 aliphatic carbocycles. The zero-order valence-corrected chi connectivity index (χ0v) is 8.39. The third-order valence-corrected chi connectivity index (χ3v) is 2.11. The Hall–Kier alpha value is -1.01. The van der Waals surface area contributed by atoms with E-state index in [-0.39, 0.29) is 5.91 Å². The molecule has 0 radical (unpaired) electrons. The number of amides is 1. The third-order valence-electron chi connectivity index (χ3n) is 2.11. The topological polar surface area (TPSA) is 29.5 Å². The van der Waals surface area contributed by atoms with Crippen LogP contribution in [-0.2, 0) is 9.53 Å². The van der Waals surface area contributed by atoms with Crippen LogP contribution in [-0.4, -0.2) is 36.1 Å². The number of hydrogen-bond donors (Lipinski definition) is 0. The van der Waals surface area contributed by atoms with E-state index in [1.54, 1.807) is 18.7 Å². The molecule has 3 heteroatoms. The molecule has 0 unspecified atom stereocenters. The van der Waals surface area contributed by atoms with Gasteiger partial charge in [-0.1, -0.05) is 5.92 Å². The first-order chi connectivity index (χ1) is 6.07. The standard InChI is InChI=1S/C10H15NO2/c1-4-5-10(3)8-11(9(2)12)6-7-13-10/h6-8H2,1-3H3/t10-/m1/s1. The van der Waals surface area contributed by atoms with Gasteiger partial charge in [0.15, 0.2) is 0 Å². The third kappa shape index (κ3) is 2.46. The molecular formula is C10H15NO2. The number of hydrogen-bond acceptors (Lipinski definition) is 2. The molecule has 1 fully saturated rings. The average Bonchev–Trinajstić information content (AvgIpc) is 2.04. The number of ether oxygens (including phenoxy) is 1. The predicted octanol–water partition coefficient (Wildman–Crippen LogP) is 0.647. The molecule has 13 heavy (non-hydrogen) atoms. The van der Waals surface area contributed by atoms with Crippen molar-refractivity contribution in [1.29, 1.82) is 0 Å². The lowest BCUT2D eigenvalue weighted by Gasteiger charge is -2.36. The van der Waals surface area contributed by atoms with Crippen LogP contribution in [0.2, 0.25) is 0 Å². The second-order valence-corrected chi connectivity index (χ2v) is 3.39. The predicted molar refractivity (Wildman–Crippen MR) is 50.1 cm³/mol. The van der Waals surface area contributed by atoms with Crippen LogP contribution in [0.1, 0.15) is 20.8 Å². The smallest absolute Gasteiger partial charge is 0.219 e. The minimum atomic E-state index is -0.474. The van der Waals surface area contributed by atoms with Crippen LogP contribution in [0.25, 0.3) is 0 Å². The van der Waals surface area contributed by atoms with E-state index < -0.39 is 5.60 Å². The maximum Gasteiger partial charge on any atom is 0.219 e. The molecule has 1 atom stereocenters. The first-order valence-electron chi connectivity index (χ1n) is 4.41. The summed E-state index contributed by atoms with van der Waals surface area (Å²) >= 11 is 0. The number of carbonyl (C=O) groups is 1. The van der Waals surface area contributed by atoms with Crippen LogP contribution >= 0.6 is 0 Å². The highest BCUT2D eigenvalue weighted by molar-refractivity contribution is 5.73. The SMILES string of the molecule is CC#C[C@]1(C)CN(C(C)=O)CCO1. The van der Waals surface area contributed by atoms with Crippen molar-refractivity contribution in [2.24, 2.45) is 0 Å². The zero-order valence-electron chi connectivity index (χ0n) is 8.39. The molecule has 1 heterocycles. The normalized spacial score (nSPS) is 27.8.